The van der Waals surface area contributed by atoms with E-state index in [0.29, 0.717) is 10.5 Å². The summed E-state index contributed by atoms with van der Waals surface area (Å²) in [5.74, 6) is -0.552. The molecule has 1 heterocycles. The van der Waals surface area contributed by atoms with Crippen LogP contribution in [-0.2, 0) is 6.18 Å². The van der Waals surface area contributed by atoms with Gasteiger partial charge < -0.3 is 10.3 Å². The van der Waals surface area contributed by atoms with Crippen molar-refractivity contribution in [3.63, 3.8) is 0 Å². The van der Waals surface area contributed by atoms with Crippen LogP contribution in [0.1, 0.15) is 27.7 Å². The molecule has 0 radical (unpaired) electrons. The Hall–Kier alpha value is -2.98. The van der Waals surface area contributed by atoms with Crippen molar-refractivity contribution in [3.05, 3.63) is 70.4 Å². The molecule has 3 rings (SSSR count). The number of aromatic nitrogens is 1. The Morgan fingerprint density at radius 1 is 1.15 bits per heavy atom. The first-order valence-corrected chi connectivity index (χ1v) is 7.81. The lowest BCUT2D eigenvalue weighted by Gasteiger charge is -2.13. The molecule has 2 N–H and O–H groups in total. The molecule has 8 heteroatoms. The molecule has 0 fully saturated rings. The minimum absolute atomic E-state index is 0.217. The van der Waals surface area contributed by atoms with Crippen LogP contribution in [0.15, 0.2) is 48.5 Å². The molecule has 132 valence electrons. The van der Waals surface area contributed by atoms with Gasteiger partial charge >= 0.3 is 6.18 Å². The summed E-state index contributed by atoms with van der Waals surface area (Å²) in [7, 11) is 0. The van der Waals surface area contributed by atoms with Crippen molar-refractivity contribution in [2.75, 3.05) is 0 Å². The van der Waals surface area contributed by atoms with Crippen molar-refractivity contribution in [2.24, 2.45) is 0 Å². The molecular weight excluding hydrogens is 367 g/mol. The van der Waals surface area contributed by atoms with Crippen LogP contribution < -0.4 is 5.32 Å². The highest BCUT2D eigenvalue weighted by atomic mass is 35.5. The molecule has 0 aliphatic carbocycles. The van der Waals surface area contributed by atoms with Crippen LogP contribution in [0.4, 0.5) is 13.2 Å². The van der Waals surface area contributed by atoms with E-state index in [4.69, 9.17) is 11.6 Å². The summed E-state index contributed by atoms with van der Waals surface area (Å²) in [6.07, 6.45) is -4.46. The smallest absolute Gasteiger partial charge is 0.350 e. The number of rotatable bonds is 3. The van der Waals surface area contributed by atoms with Gasteiger partial charge in [-0.15, -0.1) is 0 Å². The van der Waals surface area contributed by atoms with Crippen molar-refractivity contribution in [1.29, 1.82) is 5.26 Å². The van der Waals surface area contributed by atoms with Gasteiger partial charge in [-0.2, -0.15) is 18.4 Å². The summed E-state index contributed by atoms with van der Waals surface area (Å²) in [6.45, 7) is 0. The van der Waals surface area contributed by atoms with Crippen LogP contribution in [-0.4, -0.2) is 10.9 Å². The third-order valence-electron chi connectivity index (χ3n) is 3.81. The fraction of sp³-hybridized carbons (Fsp3) is 0.111. The molecule has 3 aromatic rings. The van der Waals surface area contributed by atoms with Gasteiger partial charge in [0.05, 0.1) is 11.6 Å². The lowest BCUT2D eigenvalue weighted by molar-refractivity contribution is -0.137. The number of nitriles is 1. The van der Waals surface area contributed by atoms with E-state index >= 15 is 0 Å². The van der Waals surface area contributed by atoms with E-state index < -0.39 is 23.7 Å². The second-order valence-electron chi connectivity index (χ2n) is 5.57. The number of hydrogen-bond acceptors (Lipinski definition) is 2. The Kier molecular flexibility index (Phi) is 4.62. The number of amides is 1. The normalized spacial score (nSPS) is 12.6. The monoisotopic (exact) mass is 377 g/mol. The lowest BCUT2D eigenvalue weighted by atomic mass is 10.1. The van der Waals surface area contributed by atoms with E-state index in [9.17, 15) is 23.2 Å². The molecule has 0 spiro atoms. The molecule has 0 saturated heterocycles. The fourth-order valence-electron chi connectivity index (χ4n) is 2.49. The van der Waals surface area contributed by atoms with Crippen LogP contribution in [0.25, 0.3) is 10.9 Å². The van der Waals surface area contributed by atoms with Gasteiger partial charge in [-0.1, -0.05) is 29.8 Å². The molecule has 1 unspecified atom stereocenters. The average Bonchev–Trinajstić information content (AvgIpc) is 3.02. The van der Waals surface area contributed by atoms with Crippen LogP contribution in [0.2, 0.25) is 5.02 Å². The van der Waals surface area contributed by atoms with Gasteiger partial charge in [-0.3, -0.25) is 4.79 Å². The summed E-state index contributed by atoms with van der Waals surface area (Å²) in [5, 5.41) is 13.0. The molecule has 0 aliphatic rings. The van der Waals surface area contributed by atoms with Crippen LogP contribution in [0.3, 0.4) is 0 Å². The van der Waals surface area contributed by atoms with Gasteiger partial charge in [0.2, 0.25) is 0 Å². The van der Waals surface area contributed by atoms with Crippen molar-refractivity contribution in [2.45, 2.75) is 12.2 Å². The van der Waals surface area contributed by atoms with Gasteiger partial charge in [-0.05, 0) is 35.9 Å². The second-order valence-corrected chi connectivity index (χ2v) is 6.01. The Morgan fingerprint density at radius 2 is 1.85 bits per heavy atom. The highest BCUT2D eigenvalue weighted by Gasteiger charge is 2.30. The lowest BCUT2D eigenvalue weighted by Crippen LogP contribution is -2.27. The van der Waals surface area contributed by atoms with E-state index in [1.165, 1.54) is 12.1 Å². The Labute approximate surface area is 151 Å². The summed E-state index contributed by atoms with van der Waals surface area (Å²) in [6, 6.07) is 11.5. The van der Waals surface area contributed by atoms with E-state index in [1.54, 1.807) is 24.3 Å². The molecular formula is C18H11ClF3N3O. The van der Waals surface area contributed by atoms with Crippen LogP contribution >= 0.6 is 11.6 Å². The Morgan fingerprint density at radius 3 is 2.46 bits per heavy atom. The van der Waals surface area contributed by atoms with E-state index in [-0.39, 0.29) is 11.3 Å². The van der Waals surface area contributed by atoms with Crippen LogP contribution in [0, 0.1) is 11.3 Å². The zero-order valence-electron chi connectivity index (χ0n) is 13.1. The first kappa shape index (κ1) is 17.8. The third kappa shape index (κ3) is 3.65. The number of alkyl halides is 3. The van der Waals surface area contributed by atoms with Crippen molar-refractivity contribution >= 4 is 28.4 Å². The number of hydrogen-bond donors (Lipinski definition) is 2. The number of H-pyrrole nitrogens is 1. The first-order chi connectivity index (χ1) is 12.3. The summed E-state index contributed by atoms with van der Waals surface area (Å²) < 4.78 is 37.8. The molecule has 0 saturated carbocycles. The fourth-order valence-corrected chi connectivity index (χ4v) is 2.66. The second kappa shape index (κ2) is 6.73. The predicted octanol–water partition coefficient (Wildman–Crippen LogP) is 4.83. The number of carbonyl (C=O) groups is 1. The largest absolute Gasteiger partial charge is 0.416 e. The van der Waals surface area contributed by atoms with Crippen molar-refractivity contribution in [1.82, 2.24) is 10.3 Å². The molecule has 0 aliphatic heterocycles. The maximum absolute atomic E-state index is 12.6. The number of carbonyl (C=O) groups excluding carboxylic acids is 1. The highest BCUT2D eigenvalue weighted by Crippen LogP contribution is 2.30. The zero-order valence-corrected chi connectivity index (χ0v) is 13.8. The number of nitrogens with zero attached hydrogens (tertiary/aromatic N) is 1. The topological polar surface area (TPSA) is 68.7 Å². The molecule has 26 heavy (non-hydrogen) atoms. The molecule has 1 atom stereocenters. The van der Waals surface area contributed by atoms with E-state index in [1.807, 2.05) is 6.07 Å². The number of aromatic amines is 1. The molecule has 4 nitrogen and oxygen atoms in total. The minimum atomic E-state index is -4.46. The maximum Gasteiger partial charge on any atom is 0.416 e. The summed E-state index contributed by atoms with van der Waals surface area (Å²) >= 11 is 5.90. The van der Waals surface area contributed by atoms with Gasteiger partial charge in [0.25, 0.3) is 5.91 Å². The molecule has 2 aromatic carbocycles. The molecule has 0 bridgehead atoms. The standard InChI is InChI=1S/C18H11ClF3N3O/c19-13-6-3-11-7-15(24-14(11)8-13)17(26)25-16(9-23)10-1-4-12(5-2-10)18(20,21)22/h1-8,16,24H,(H,25,26). The number of halogens is 4. The molecule has 1 amide bonds. The number of fused-ring (bicyclic) bond motifs is 1. The minimum Gasteiger partial charge on any atom is -0.350 e. The number of nitrogens with one attached hydrogen (secondary N) is 2. The van der Waals surface area contributed by atoms with Crippen molar-refractivity contribution in [3.8, 4) is 6.07 Å². The molecule has 1 aromatic heterocycles. The van der Waals surface area contributed by atoms with Gasteiger partial charge in [0, 0.05) is 15.9 Å². The van der Waals surface area contributed by atoms with E-state index in [0.717, 1.165) is 17.5 Å². The Bertz CT molecular complexity index is 1000. The Balaban J connectivity index is 1.80. The van der Waals surface area contributed by atoms with E-state index in [2.05, 4.69) is 10.3 Å². The quantitative estimate of drug-likeness (QED) is 0.686. The first-order valence-electron chi connectivity index (χ1n) is 7.44. The van der Waals surface area contributed by atoms with Gasteiger partial charge in [0.15, 0.2) is 0 Å². The zero-order chi connectivity index (χ0) is 18.9. The average molecular weight is 378 g/mol. The maximum atomic E-state index is 12.6. The van der Waals surface area contributed by atoms with Crippen molar-refractivity contribution < 1.29 is 18.0 Å². The predicted molar refractivity (Wildman–Crippen MR) is 90.6 cm³/mol. The summed E-state index contributed by atoms with van der Waals surface area (Å²) in [5.41, 5.74) is 0.310. The SMILES string of the molecule is N#CC(NC(=O)c1cc2ccc(Cl)cc2[nH]1)c1ccc(C(F)(F)F)cc1. The van der Waals surface area contributed by atoms with Gasteiger partial charge in [-0.25, -0.2) is 0 Å². The summed E-state index contributed by atoms with van der Waals surface area (Å²) in [4.78, 5) is 15.3. The highest BCUT2D eigenvalue weighted by molar-refractivity contribution is 6.31. The third-order valence-corrected chi connectivity index (χ3v) is 4.04. The van der Waals surface area contributed by atoms with Gasteiger partial charge in [0.1, 0.15) is 11.7 Å². The number of benzene rings is 2. The van der Waals surface area contributed by atoms with Crippen LogP contribution in [0.5, 0.6) is 0 Å².